The van der Waals surface area contributed by atoms with Crippen LogP contribution in [0, 0.1) is 11.8 Å². The molecule has 2 aliphatic rings. The molecule has 0 amide bonds. The molecule has 2 fully saturated rings. The molecule has 18 heavy (non-hydrogen) atoms. The first kappa shape index (κ1) is 12.2. The summed E-state index contributed by atoms with van der Waals surface area (Å²) in [4.78, 5) is 0. The summed E-state index contributed by atoms with van der Waals surface area (Å²) in [6.07, 6.45) is 5.14. The maximum atomic E-state index is 5.22. The second kappa shape index (κ2) is 5.85. The molecular weight excluding hydrogens is 222 g/mol. The van der Waals surface area contributed by atoms with E-state index in [1.165, 1.54) is 49.9 Å². The van der Waals surface area contributed by atoms with Gasteiger partial charge in [-0.3, -0.25) is 0 Å². The van der Waals surface area contributed by atoms with Gasteiger partial charge in [0, 0.05) is 5.92 Å². The van der Waals surface area contributed by atoms with Crippen LogP contribution in [0.15, 0.2) is 24.3 Å². The number of rotatable bonds is 4. The van der Waals surface area contributed by atoms with Crippen molar-refractivity contribution >= 4 is 0 Å². The lowest BCUT2D eigenvalue weighted by atomic mass is 9.91. The second-order valence-electron chi connectivity index (χ2n) is 5.84. The third-order valence-electron chi connectivity index (χ3n) is 4.18. The standard InChI is InChI=1S/C16H23NO/c1-2-15(10-17-7-1)8-13-3-5-14(6-4-13)9-16-11-18-12-16/h3-6,15-17H,1-2,7-12H2. The SMILES string of the molecule is c1cc(CC2COC2)ccc1CC1CCCNC1. The summed E-state index contributed by atoms with van der Waals surface area (Å²) >= 11 is 0. The molecule has 1 atom stereocenters. The molecule has 1 aromatic carbocycles. The Balaban J connectivity index is 1.52. The van der Waals surface area contributed by atoms with E-state index in [1.807, 2.05) is 0 Å². The van der Waals surface area contributed by atoms with E-state index in [0.29, 0.717) is 0 Å². The predicted molar refractivity (Wildman–Crippen MR) is 73.8 cm³/mol. The van der Waals surface area contributed by atoms with E-state index in [2.05, 4.69) is 29.6 Å². The Hall–Kier alpha value is -0.860. The summed E-state index contributed by atoms with van der Waals surface area (Å²) in [6, 6.07) is 9.26. The zero-order valence-corrected chi connectivity index (χ0v) is 11.0. The quantitative estimate of drug-likeness (QED) is 0.879. The Morgan fingerprint density at radius 3 is 2.17 bits per heavy atom. The molecule has 0 aliphatic carbocycles. The zero-order valence-electron chi connectivity index (χ0n) is 11.0. The first-order valence-electron chi connectivity index (χ1n) is 7.26. The summed E-state index contributed by atoms with van der Waals surface area (Å²) in [5, 5.41) is 3.49. The van der Waals surface area contributed by atoms with Gasteiger partial charge in [0.2, 0.25) is 0 Å². The van der Waals surface area contributed by atoms with Gasteiger partial charge in [0.05, 0.1) is 13.2 Å². The molecule has 2 nitrogen and oxygen atoms in total. The monoisotopic (exact) mass is 245 g/mol. The third-order valence-corrected chi connectivity index (χ3v) is 4.18. The molecular formula is C16H23NO. The summed E-state index contributed by atoms with van der Waals surface area (Å²) in [5.41, 5.74) is 2.96. The van der Waals surface area contributed by atoms with Crippen molar-refractivity contribution in [2.45, 2.75) is 25.7 Å². The van der Waals surface area contributed by atoms with Gasteiger partial charge in [0.25, 0.3) is 0 Å². The van der Waals surface area contributed by atoms with Crippen molar-refractivity contribution in [3.05, 3.63) is 35.4 Å². The van der Waals surface area contributed by atoms with Crippen LogP contribution in [0.25, 0.3) is 0 Å². The minimum absolute atomic E-state index is 0.762. The highest BCUT2D eigenvalue weighted by atomic mass is 16.5. The molecule has 98 valence electrons. The third kappa shape index (κ3) is 3.12. The predicted octanol–water partition coefficient (Wildman–Crippen LogP) is 2.42. The van der Waals surface area contributed by atoms with Crippen molar-refractivity contribution in [3.8, 4) is 0 Å². The number of hydrogen-bond donors (Lipinski definition) is 1. The molecule has 0 radical (unpaired) electrons. The van der Waals surface area contributed by atoms with Gasteiger partial charge < -0.3 is 10.1 Å². The number of ether oxygens (including phenoxy) is 1. The van der Waals surface area contributed by atoms with E-state index in [0.717, 1.165) is 25.0 Å². The molecule has 1 unspecified atom stereocenters. The van der Waals surface area contributed by atoms with E-state index in [4.69, 9.17) is 4.74 Å². The van der Waals surface area contributed by atoms with E-state index < -0.39 is 0 Å². The molecule has 1 aromatic rings. The van der Waals surface area contributed by atoms with Crippen LogP contribution in [0.1, 0.15) is 24.0 Å². The van der Waals surface area contributed by atoms with Gasteiger partial charge in [-0.1, -0.05) is 24.3 Å². The van der Waals surface area contributed by atoms with E-state index >= 15 is 0 Å². The molecule has 2 saturated heterocycles. The number of nitrogens with one attached hydrogen (secondary N) is 1. The smallest absolute Gasteiger partial charge is 0.0519 e. The fraction of sp³-hybridized carbons (Fsp3) is 0.625. The summed E-state index contributed by atoms with van der Waals surface area (Å²) < 4.78 is 5.22. The summed E-state index contributed by atoms with van der Waals surface area (Å²) in [5.74, 6) is 1.60. The van der Waals surface area contributed by atoms with Gasteiger partial charge in [-0.2, -0.15) is 0 Å². The van der Waals surface area contributed by atoms with Crippen molar-refractivity contribution in [3.63, 3.8) is 0 Å². The molecule has 2 heteroatoms. The highest BCUT2D eigenvalue weighted by Crippen LogP contribution is 2.19. The normalized spacial score (nSPS) is 24.8. The molecule has 1 N–H and O–H groups in total. The number of hydrogen-bond acceptors (Lipinski definition) is 2. The van der Waals surface area contributed by atoms with Crippen molar-refractivity contribution in [2.75, 3.05) is 26.3 Å². The van der Waals surface area contributed by atoms with Crippen LogP contribution in [0.5, 0.6) is 0 Å². The average molecular weight is 245 g/mol. The Morgan fingerprint density at radius 2 is 1.67 bits per heavy atom. The fourth-order valence-corrected chi connectivity index (χ4v) is 2.98. The van der Waals surface area contributed by atoms with Crippen LogP contribution in [0.3, 0.4) is 0 Å². The maximum Gasteiger partial charge on any atom is 0.0519 e. The van der Waals surface area contributed by atoms with Crippen molar-refractivity contribution in [2.24, 2.45) is 11.8 Å². The molecule has 0 spiro atoms. The minimum atomic E-state index is 0.762. The largest absolute Gasteiger partial charge is 0.381 e. The Morgan fingerprint density at radius 1 is 1.00 bits per heavy atom. The summed E-state index contributed by atoms with van der Waals surface area (Å²) in [6.45, 7) is 4.31. The first-order valence-corrected chi connectivity index (χ1v) is 7.26. The van der Waals surface area contributed by atoms with Crippen molar-refractivity contribution in [1.29, 1.82) is 0 Å². The molecule has 2 heterocycles. The van der Waals surface area contributed by atoms with Crippen molar-refractivity contribution < 1.29 is 4.74 Å². The maximum absolute atomic E-state index is 5.22. The molecule has 0 saturated carbocycles. The number of benzene rings is 1. The summed E-state index contributed by atoms with van der Waals surface area (Å²) in [7, 11) is 0. The molecule has 0 bridgehead atoms. The molecule has 3 rings (SSSR count). The van der Waals surface area contributed by atoms with Crippen LogP contribution < -0.4 is 5.32 Å². The van der Waals surface area contributed by atoms with Crippen LogP contribution in [-0.4, -0.2) is 26.3 Å². The minimum Gasteiger partial charge on any atom is -0.381 e. The van der Waals surface area contributed by atoms with E-state index in [1.54, 1.807) is 0 Å². The average Bonchev–Trinajstić information content (AvgIpc) is 2.37. The molecule has 2 aliphatic heterocycles. The van der Waals surface area contributed by atoms with E-state index in [-0.39, 0.29) is 0 Å². The Kier molecular flexibility index (Phi) is 3.96. The van der Waals surface area contributed by atoms with Gasteiger partial charge in [-0.15, -0.1) is 0 Å². The highest BCUT2D eigenvalue weighted by Gasteiger charge is 2.18. The Bertz CT molecular complexity index is 363. The van der Waals surface area contributed by atoms with Crippen LogP contribution in [-0.2, 0) is 17.6 Å². The van der Waals surface area contributed by atoms with Gasteiger partial charge >= 0.3 is 0 Å². The van der Waals surface area contributed by atoms with E-state index in [9.17, 15) is 0 Å². The van der Waals surface area contributed by atoms with Gasteiger partial charge in [-0.05, 0) is 55.8 Å². The number of piperidine rings is 1. The fourth-order valence-electron chi connectivity index (χ4n) is 2.98. The zero-order chi connectivity index (χ0) is 12.2. The lowest BCUT2D eigenvalue weighted by Gasteiger charge is -2.26. The van der Waals surface area contributed by atoms with Gasteiger partial charge in [-0.25, -0.2) is 0 Å². The van der Waals surface area contributed by atoms with Crippen LogP contribution in [0.4, 0.5) is 0 Å². The van der Waals surface area contributed by atoms with Gasteiger partial charge in [0.15, 0.2) is 0 Å². The lowest BCUT2D eigenvalue weighted by Crippen LogP contribution is -2.30. The molecule has 0 aromatic heterocycles. The van der Waals surface area contributed by atoms with Crippen molar-refractivity contribution in [1.82, 2.24) is 5.32 Å². The second-order valence-corrected chi connectivity index (χ2v) is 5.84. The Labute approximate surface area is 110 Å². The lowest BCUT2D eigenvalue weighted by molar-refractivity contribution is -0.0312. The highest BCUT2D eigenvalue weighted by molar-refractivity contribution is 5.23. The van der Waals surface area contributed by atoms with Crippen LogP contribution >= 0.6 is 0 Å². The first-order chi connectivity index (χ1) is 8.90. The topological polar surface area (TPSA) is 21.3 Å². The van der Waals surface area contributed by atoms with Crippen LogP contribution in [0.2, 0.25) is 0 Å². The van der Waals surface area contributed by atoms with Gasteiger partial charge in [0.1, 0.15) is 0 Å².